The van der Waals surface area contributed by atoms with E-state index in [0.29, 0.717) is 0 Å². The average molecular weight is 199 g/mol. The summed E-state index contributed by atoms with van der Waals surface area (Å²) in [6.45, 7) is 0. The van der Waals surface area contributed by atoms with Crippen molar-refractivity contribution in [3.05, 3.63) is 23.4 Å². The van der Waals surface area contributed by atoms with Crippen molar-refractivity contribution < 1.29 is 19.8 Å². The summed E-state index contributed by atoms with van der Waals surface area (Å²) in [7, 11) is 0. The molecule has 13 heavy (non-hydrogen) atoms. The summed E-state index contributed by atoms with van der Waals surface area (Å²) in [6.07, 6.45) is 1.05. The Morgan fingerprint density at radius 1 is 1.31 bits per heavy atom. The smallest absolute Gasteiger partial charge is 0.338 e. The van der Waals surface area contributed by atoms with Crippen molar-refractivity contribution in [1.29, 1.82) is 0 Å². The molecule has 1 heterocycles. The summed E-state index contributed by atoms with van der Waals surface area (Å²) >= 11 is 3.77. The maximum Gasteiger partial charge on any atom is 0.338 e. The van der Waals surface area contributed by atoms with Gasteiger partial charge in [0.2, 0.25) is 0 Å². The molecule has 0 aromatic carbocycles. The van der Waals surface area contributed by atoms with Crippen molar-refractivity contribution in [2.24, 2.45) is 0 Å². The van der Waals surface area contributed by atoms with Gasteiger partial charge in [-0.1, -0.05) is 0 Å². The van der Waals surface area contributed by atoms with Crippen LogP contribution in [0.5, 0.6) is 0 Å². The number of pyridine rings is 1. The van der Waals surface area contributed by atoms with E-state index in [9.17, 15) is 9.59 Å². The Morgan fingerprint density at radius 2 is 1.92 bits per heavy atom. The highest BCUT2D eigenvalue weighted by molar-refractivity contribution is 7.80. The van der Waals surface area contributed by atoms with Gasteiger partial charge in [0.15, 0.2) is 0 Å². The van der Waals surface area contributed by atoms with Crippen LogP contribution in [0.2, 0.25) is 0 Å². The van der Waals surface area contributed by atoms with E-state index in [1.165, 1.54) is 0 Å². The Kier molecular flexibility index (Phi) is 2.52. The second-order valence-electron chi connectivity index (χ2n) is 2.21. The van der Waals surface area contributed by atoms with E-state index in [1.54, 1.807) is 0 Å². The molecule has 0 atom stereocenters. The first-order valence-electron chi connectivity index (χ1n) is 3.18. The normalized spacial score (nSPS) is 9.62. The molecule has 0 spiro atoms. The molecule has 0 fully saturated rings. The highest BCUT2D eigenvalue weighted by atomic mass is 32.1. The quantitative estimate of drug-likeness (QED) is 0.612. The van der Waals surface area contributed by atoms with Gasteiger partial charge in [0, 0.05) is 6.20 Å². The van der Waals surface area contributed by atoms with E-state index in [4.69, 9.17) is 10.2 Å². The number of carboxylic acid groups (broad SMARTS) is 2. The molecule has 1 aromatic heterocycles. The zero-order chi connectivity index (χ0) is 10.0. The number of carboxylic acids is 2. The summed E-state index contributed by atoms with van der Waals surface area (Å²) in [5, 5.41) is 17.1. The molecule has 0 radical (unpaired) electrons. The van der Waals surface area contributed by atoms with E-state index >= 15 is 0 Å². The third-order valence-electron chi connectivity index (χ3n) is 1.34. The number of aromatic carboxylic acids is 2. The molecule has 0 aliphatic heterocycles. The van der Waals surface area contributed by atoms with Crippen LogP contribution < -0.4 is 0 Å². The van der Waals surface area contributed by atoms with Crippen molar-refractivity contribution in [3.63, 3.8) is 0 Å². The number of hydrogen-bond acceptors (Lipinski definition) is 4. The fourth-order valence-electron chi connectivity index (χ4n) is 0.732. The Bertz CT molecular complexity index is 377. The van der Waals surface area contributed by atoms with Gasteiger partial charge in [-0.05, 0) is 6.07 Å². The Balaban J connectivity index is 3.27. The molecule has 6 heteroatoms. The first kappa shape index (κ1) is 9.53. The van der Waals surface area contributed by atoms with Crippen LogP contribution in [-0.4, -0.2) is 27.1 Å². The molecule has 1 rings (SSSR count). The Morgan fingerprint density at radius 3 is 2.38 bits per heavy atom. The van der Waals surface area contributed by atoms with Gasteiger partial charge in [-0.15, -0.1) is 12.6 Å². The van der Waals surface area contributed by atoms with Crippen molar-refractivity contribution in [2.75, 3.05) is 0 Å². The van der Waals surface area contributed by atoms with Crippen LogP contribution in [0.4, 0.5) is 0 Å². The summed E-state index contributed by atoms with van der Waals surface area (Å²) in [6, 6.07) is 1.01. The van der Waals surface area contributed by atoms with Crippen LogP contribution in [0, 0.1) is 0 Å². The summed E-state index contributed by atoms with van der Waals surface area (Å²) < 4.78 is 0. The Hall–Kier alpha value is -1.56. The molecular formula is C7H5NO4S. The highest BCUT2D eigenvalue weighted by Gasteiger charge is 2.12. The molecule has 0 amide bonds. The molecule has 0 bridgehead atoms. The van der Waals surface area contributed by atoms with Gasteiger partial charge in [0.1, 0.15) is 5.03 Å². The highest BCUT2D eigenvalue weighted by Crippen LogP contribution is 2.12. The van der Waals surface area contributed by atoms with Gasteiger partial charge >= 0.3 is 11.9 Å². The first-order valence-corrected chi connectivity index (χ1v) is 3.62. The number of rotatable bonds is 2. The van der Waals surface area contributed by atoms with E-state index in [0.717, 1.165) is 12.3 Å². The Labute approximate surface area is 78.4 Å². The van der Waals surface area contributed by atoms with Crippen molar-refractivity contribution in [1.82, 2.24) is 4.98 Å². The minimum atomic E-state index is -1.25. The molecular weight excluding hydrogens is 194 g/mol. The molecule has 5 nitrogen and oxygen atoms in total. The summed E-state index contributed by atoms with van der Waals surface area (Å²) in [5.74, 6) is -2.47. The monoisotopic (exact) mass is 199 g/mol. The first-order chi connectivity index (χ1) is 6.02. The van der Waals surface area contributed by atoms with Crippen LogP contribution in [0.3, 0.4) is 0 Å². The van der Waals surface area contributed by atoms with Gasteiger partial charge in [-0.2, -0.15) is 0 Å². The van der Waals surface area contributed by atoms with Gasteiger partial charge in [-0.25, -0.2) is 14.6 Å². The van der Waals surface area contributed by atoms with Gasteiger partial charge < -0.3 is 10.2 Å². The molecule has 68 valence electrons. The molecule has 0 saturated heterocycles. The van der Waals surface area contributed by atoms with Gasteiger partial charge in [0.05, 0.1) is 11.1 Å². The van der Waals surface area contributed by atoms with Crippen LogP contribution in [0.15, 0.2) is 17.3 Å². The molecule has 0 unspecified atom stereocenters. The zero-order valence-electron chi connectivity index (χ0n) is 6.26. The minimum absolute atomic E-state index is 0.00231. The lowest BCUT2D eigenvalue weighted by molar-refractivity contribution is 0.0692. The predicted molar refractivity (Wildman–Crippen MR) is 45.4 cm³/mol. The third kappa shape index (κ3) is 1.97. The number of hydrogen-bond donors (Lipinski definition) is 3. The average Bonchev–Trinajstić information content (AvgIpc) is 2.04. The van der Waals surface area contributed by atoms with Crippen LogP contribution in [0.25, 0.3) is 0 Å². The maximum atomic E-state index is 10.5. The second-order valence-corrected chi connectivity index (χ2v) is 2.63. The lowest BCUT2D eigenvalue weighted by Crippen LogP contribution is -2.04. The molecule has 0 aliphatic carbocycles. The lowest BCUT2D eigenvalue weighted by atomic mass is 10.2. The minimum Gasteiger partial charge on any atom is -0.478 e. The molecule has 1 aromatic rings. The van der Waals surface area contributed by atoms with Crippen molar-refractivity contribution in [3.8, 4) is 0 Å². The SMILES string of the molecule is O=C(O)c1cnc(S)c(C(=O)O)c1. The van der Waals surface area contributed by atoms with E-state index in [-0.39, 0.29) is 16.2 Å². The van der Waals surface area contributed by atoms with Gasteiger partial charge in [-0.3, -0.25) is 0 Å². The van der Waals surface area contributed by atoms with Gasteiger partial charge in [0.25, 0.3) is 0 Å². The number of aromatic nitrogens is 1. The number of thiol groups is 1. The van der Waals surface area contributed by atoms with E-state index < -0.39 is 11.9 Å². The van der Waals surface area contributed by atoms with Crippen molar-refractivity contribution in [2.45, 2.75) is 5.03 Å². The molecule has 0 aliphatic rings. The fourth-order valence-corrected chi connectivity index (χ4v) is 0.950. The standard InChI is InChI=1S/C7H5NO4S/c9-6(10)3-1-4(7(11)12)5(13)8-2-3/h1-2H,(H,8,13)(H,9,10)(H,11,12). The summed E-state index contributed by atoms with van der Waals surface area (Å²) in [5.41, 5.74) is -0.390. The van der Waals surface area contributed by atoms with E-state index in [1.807, 2.05) is 0 Å². The van der Waals surface area contributed by atoms with Crippen LogP contribution in [-0.2, 0) is 0 Å². The number of carbonyl (C=O) groups is 2. The van der Waals surface area contributed by atoms with Crippen molar-refractivity contribution >= 4 is 24.6 Å². The number of nitrogens with zero attached hydrogens (tertiary/aromatic N) is 1. The molecule has 0 saturated carbocycles. The topological polar surface area (TPSA) is 87.5 Å². The lowest BCUT2D eigenvalue weighted by Gasteiger charge is -1.99. The largest absolute Gasteiger partial charge is 0.478 e. The van der Waals surface area contributed by atoms with Crippen LogP contribution >= 0.6 is 12.6 Å². The summed E-state index contributed by atoms with van der Waals surface area (Å²) in [4.78, 5) is 24.5. The van der Waals surface area contributed by atoms with E-state index in [2.05, 4.69) is 17.6 Å². The maximum absolute atomic E-state index is 10.5. The zero-order valence-corrected chi connectivity index (χ0v) is 7.15. The van der Waals surface area contributed by atoms with Crippen LogP contribution in [0.1, 0.15) is 20.7 Å². The second kappa shape index (κ2) is 3.44. The predicted octanol–water partition coefficient (Wildman–Crippen LogP) is 0.767. The third-order valence-corrected chi connectivity index (χ3v) is 1.70. The molecule has 2 N–H and O–H groups in total. The fraction of sp³-hybridized carbons (Fsp3) is 0.